The van der Waals surface area contributed by atoms with Crippen LogP contribution in [-0.4, -0.2) is 9.97 Å². The van der Waals surface area contributed by atoms with E-state index >= 15 is 0 Å². The predicted octanol–water partition coefficient (Wildman–Crippen LogP) is 2.85. The highest BCUT2D eigenvalue weighted by molar-refractivity contribution is 9.10. The second kappa shape index (κ2) is 5.03. The molecule has 0 radical (unpaired) electrons. The molecule has 0 aromatic carbocycles. The maximum absolute atomic E-state index is 6.11. The van der Waals surface area contributed by atoms with E-state index in [1.807, 2.05) is 24.4 Å². The lowest BCUT2D eigenvalue weighted by Crippen LogP contribution is -2.15. The van der Waals surface area contributed by atoms with Crippen molar-refractivity contribution < 1.29 is 0 Å². The van der Waals surface area contributed by atoms with E-state index in [0.29, 0.717) is 0 Å². The van der Waals surface area contributed by atoms with Crippen LogP contribution in [0.4, 0.5) is 0 Å². The number of nitrogens with zero attached hydrogens (tertiary/aromatic N) is 2. The van der Waals surface area contributed by atoms with Gasteiger partial charge in [-0.1, -0.05) is 0 Å². The molecule has 0 aliphatic rings. The third-order valence-corrected chi connectivity index (χ3v) is 3.73. The lowest BCUT2D eigenvalue weighted by atomic mass is 10.1. The van der Waals surface area contributed by atoms with Gasteiger partial charge < -0.3 is 5.73 Å². The first-order chi connectivity index (χ1) is 7.66. The molecule has 0 aliphatic carbocycles. The Morgan fingerprint density at radius 1 is 1.56 bits per heavy atom. The van der Waals surface area contributed by atoms with Gasteiger partial charge in [0, 0.05) is 22.5 Å². The van der Waals surface area contributed by atoms with E-state index in [4.69, 9.17) is 5.73 Å². The minimum absolute atomic E-state index is 0.114. The molecule has 16 heavy (non-hydrogen) atoms. The molecular formula is C11H12BrN3S. The van der Waals surface area contributed by atoms with E-state index in [-0.39, 0.29) is 6.04 Å². The Bertz CT molecular complexity index is 484. The number of hydrogen-bond acceptors (Lipinski definition) is 4. The van der Waals surface area contributed by atoms with Crippen LogP contribution in [0.5, 0.6) is 0 Å². The van der Waals surface area contributed by atoms with Gasteiger partial charge in [-0.15, -0.1) is 11.3 Å². The molecule has 3 nitrogen and oxygen atoms in total. The summed E-state index contributed by atoms with van der Waals surface area (Å²) in [7, 11) is 0. The number of thiazole rings is 1. The Hall–Kier alpha value is -0.780. The van der Waals surface area contributed by atoms with Crippen molar-refractivity contribution in [2.24, 2.45) is 5.73 Å². The number of aromatic nitrogens is 2. The number of hydrogen-bond donors (Lipinski definition) is 1. The standard InChI is InChI=1S/C11H12BrN3S/c1-7-15-8(6-16-7)5-10(13)11-9(12)3-2-4-14-11/h2-4,6,10H,5,13H2,1H3. The van der Waals surface area contributed by atoms with Crippen molar-refractivity contribution in [2.75, 3.05) is 0 Å². The topological polar surface area (TPSA) is 51.8 Å². The first kappa shape index (κ1) is 11.7. The van der Waals surface area contributed by atoms with Gasteiger partial charge >= 0.3 is 0 Å². The molecule has 0 bridgehead atoms. The summed E-state index contributed by atoms with van der Waals surface area (Å²) in [4.78, 5) is 8.69. The average molecular weight is 298 g/mol. The second-order valence-electron chi connectivity index (χ2n) is 3.54. The molecule has 5 heteroatoms. The first-order valence-electron chi connectivity index (χ1n) is 4.94. The van der Waals surface area contributed by atoms with Crippen molar-refractivity contribution in [3.63, 3.8) is 0 Å². The molecule has 0 amide bonds. The molecule has 1 atom stereocenters. The summed E-state index contributed by atoms with van der Waals surface area (Å²) >= 11 is 5.10. The highest BCUT2D eigenvalue weighted by atomic mass is 79.9. The largest absolute Gasteiger partial charge is 0.322 e. The molecule has 0 fully saturated rings. The fraction of sp³-hybridized carbons (Fsp3) is 0.273. The van der Waals surface area contributed by atoms with Crippen LogP contribution in [0.25, 0.3) is 0 Å². The third-order valence-electron chi connectivity index (χ3n) is 2.23. The molecule has 2 rings (SSSR count). The predicted molar refractivity (Wildman–Crippen MR) is 69.4 cm³/mol. The maximum atomic E-state index is 6.11. The van der Waals surface area contributed by atoms with Crippen LogP contribution >= 0.6 is 27.3 Å². The summed E-state index contributed by atoms with van der Waals surface area (Å²) in [6.45, 7) is 2.00. The van der Waals surface area contributed by atoms with E-state index in [9.17, 15) is 0 Å². The molecule has 1 unspecified atom stereocenters. The van der Waals surface area contributed by atoms with Gasteiger partial charge in [-0.3, -0.25) is 4.98 Å². The lowest BCUT2D eigenvalue weighted by molar-refractivity contribution is 0.681. The van der Waals surface area contributed by atoms with E-state index in [1.165, 1.54) is 0 Å². The Kier molecular flexibility index (Phi) is 3.68. The van der Waals surface area contributed by atoms with Crippen molar-refractivity contribution in [3.8, 4) is 0 Å². The zero-order chi connectivity index (χ0) is 11.5. The smallest absolute Gasteiger partial charge is 0.0897 e. The highest BCUT2D eigenvalue weighted by Gasteiger charge is 2.13. The fourth-order valence-corrected chi connectivity index (χ4v) is 2.67. The third kappa shape index (κ3) is 2.66. The van der Waals surface area contributed by atoms with Crippen LogP contribution in [-0.2, 0) is 6.42 Å². The number of pyridine rings is 1. The molecule has 2 N–H and O–H groups in total. The van der Waals surface area contributed by atoms with Gasteiger partial charge in [0.1, 0.15) is 0 Å². The molecule has 0 saturated heterocycles. The zero-order valence-electron chi connectivity index (χ0n) is 8.85. The van der Waals surface area contributed by atoms with Crippen molar-refractivity contribution in [2.45, 2.75) is 19.4 Å². The van der Waals surface area contributed by atoms with E-state index < -0.39 is 0 Å². The highest BCUT2D eigenvalue weighted by Crippen LogP contribution is 2.22. The van der Waals surface area contributed by atoms with Gasteiger partial charge in [-0.05, 0) is 35.0 Å². The maximum Gasteiger partial charge on any atom is 0.0897 e. The van der Waals surface area contributed by atoms with Crippen molar-refractivity contribution in [1.82, 2.24) is 9.97 Å². The zero-order valence-corrected chi connectivity index (χ0v) is 11.3. The fourth-order valence-electron chi connectivity index (χ4n) is 1.49. The normalized spacial score (nSPS) is 12.7. The Labute approximate surface area is 107 Å². The summed E-state index contributed by atoms with van der Waals surface area (Å²) in [5, 5.41) is 3.12. The molecule has 0 aliphatic heterocycles. The van der Waals surface area contributed by atoms with Crippen LogP contribution in [0.1, 0.15) is 22.4 Å². The SMILES string of the molecule is Cc1nc(CC(N)c2ncccc2Br)cs1. The number of rotatable bonds is 3. The van der Waals surface area contributed by atoms with Crippen LogP contribution in [0.15, 0.2) is 28.2 Å². The summed E-state index contributed by atoms with van der Waals surface area (Å²) in [6.07, 6.45) is 2.48. The van der Waals surface area contributed by atoms with E-state index in [0.717, 1.165) is 27.3 Å². The second-order valence-corrected chi connectivity index (χ2v) is 5.46. The monoisotopic (exact) mass is 297 g/mol. The van der Waals surface area contributed by atoms with Crippen LogP contribution in [0.2, 0.25) is 0 Å². The number of halogens is 1. The minimum Gasteiger partial charge on any atom is -0.322 e. The van der Waals surface area contributed by atoms with Crippen molar-refractivity contribution >= 4 is 27.3 Å². The van der Waals surface area contributed by atoms with Gasteiger partial charge in [0.2, 0.25) is 0 Å². The summed E-state index contributed by atoms with van der Waals surface area (Å²) < 4.78 is 0.953. The molecule has 0 saturated carbocycles. The van der Waals surface area contributed by atoms with E-state index in [2.05, 4.69) is 25.9 Å². The Morgan fingerprint density at radius 2 is 2.38 bits per heavy atom. The molecule has 2 aromatic rings. The van der Waals surface area contributed by atoms with Crippen molar-refractivity contribution in [1.29, 1.82) is 0 Å². The lowest BCUT2D eigenvalue weighted by Gasteiger charge is -2.10. The van der Waals surface area contributed by atoms with E-state index in [1.54, 1.807) is 17.5 Å². The minimum atomic E-state index is -0.114. The molecule has 2 heterocycles. The van der Waals surface area contributed by atoms with Crippen molar-refractivity contribution in [3.05, 3.63) is 44.6 Å². The summed E-state index contributed by atoms with van der Waals surface area (Å²) in [5.74, 6) is 0. The molecule has 84 valence electrons. The van der Waals surface area contributed by atoms with Gasteiger partial charge in [-0.2, -0.15) is 0 Å². The van der Waals surface area contributed by atoms with Gasteiger partial charge in [-0.25, -0.2) is 4.98 Å². The van der Waals surface area contributed by atoms with Gasteiger partial charge in [0.15, 0.2) is 0 Å². The van der Waals surface area contributed by atoms with Crippen LogP contribution in [0, 0.1) is 6.92 Å². The first-order valence-corrected chi connectivity index (χ1v) is 6.61. The number of aryl methyl sites for hydroxylation is 1. The van der Waals surface area contributed by atoms with Gasteiger partial charge in [0.25, 0.3) is 0 Å². The molecule has 2 aromatic heterocycles. The van der Waals surface area contributed by atoms with Crippen LogP contribution < -0.4 is 5.73 Å². The molecular weight excluding hydrogens is 286 g/mol. The van der Waals surface area contributed by atoms with Crippen LogP contribution in [0.3, 0.4) is 0 Å². The molecule has 0 spiro atoms. The quantitative estimate of drug-likeness (QED) is 0.948. The summed E-state index contributed by atoms with van der Waals surface area (Å²) in [6, 6.07) is 3.72. The van der Waals surface area contributed by atoms with Gasteiger partial charge in [0.05, 0.1) is 22.4 Å². The Morgan fingerprint density at radius 3 is 3.00 bits per heavy atom. The average Bonchev–Trinajstić information content (AvgIpc) is 2.64. The number of nitrogens with two attached hydrogens (primary N) is 1. The summed E-state index contributed by atoms with van der Waals surface area (Å²) in [5.41, 5.74) is 8.03. The Balaban J connectivity index is 2.14.